The average molecular weight is 259 g/mol. The van der Waals surface area contributed by atoms with Gasteiger partial charge in [0.1, 0.15) is 0 Å². The van der Waals surface area contributed by atoms with Gasteiger partial charge in [0.2, 0.25) is 0 Å². The van der Waals surface area contributed by atoms with E-state index in [0.717, 1.165) is 17.9 Å². The second kappa shape index (κ2) is 4.22. The number of carbonyl (C=O) groups is 1. The number of hydrogen-bond donors (Lipinski definition) is 0. The molecule has 2 aliphatic rings. The quantitative estimate of drug-likeness (QED) is 0.792. The molecule has 1 aromatic rings. The highest BCUT2D eigenvalue weighted by Crippen LogP contribution is 2.50. The Morgan fingerprint density at radius 1 is 1.37 bits per heavy atom. The van der Waals surface area contributed by atoms with Crippen LogP contribution in [0.1, 0.15) is 74.2 Å². The summed E-state index contributed by atoms with van der Waals surface area (Å²) in [5.74, 6) is 1.20. The largest absolute Gasteiger partial charge is 0.345 e. The molecule has 0 spiro atoms. The Balaban J connectivity index is 1.97. The van der Waals surface area contributed by atoms with Gasteiger partial charge in [0.05, 0.1) is 0 Å². The Labute approximate surface area is 116 Å². The van der Waals surface area contributed by atoms with Crippen molar-refractivity contribution in [1.29, 1.82) is 0 Å². The molecular formula is C17H25NO. The molecule has 1 saturated carbocycles. The Morgan fingerprint density at radius 3 is 2.79 bits per heavy atom. The molecule has 0 saturated heterocycles. The zero-order valence-corrected chi connectivity index (χ0v) is 12.6. The number of ketones is 1. The SMILES string of the molecule is CCCC1CC1n1c(C)cc2c1CC(C)(C)CC2=O. The predicted octanol–water partition coefficient (Wildman–Crippen LogP) is 4.31. The van der Waals surface area contributed by atoms with Gasteiger partial charge >= 0.3 is 0 Å². The summed E-state index contributed by atoms with van der Waals surface area (Å²) in [7, 11) is 0. The average Bonchev–Trinajstić information content (AvgIpc) is 2.94. The van der Waals surface area contributed by atoms with Gasteiger partial charge < -0.3 is 4.57 Å². The minimum Gasteiger partial charge on any atom is -0.345 e. The van der Waals surface area contributed by atoms with Crippen LogP contribution >= 0.6 is 0 Å². The summed E-state index contributed by atoms with van der Waals surface area (Å²) in [6.45, 7) is 8.87. The normalized spacial score (nSPS) is 28.3. The van der Waals surface area contributed by atoms with E-state index in [9.17, 15) is 4.79 Å². The summed E-state index contributed by atoms with van der Waals surface area (Å²) in [6, 6.07) is 2.80. The zero-order valence-electron chi connectivity index (χ0n) is 12.6. The number of hydrogen-bond acceptors (Lipinski definition) is 1. The van der Waals surface area contributed by atoms with Crippen molar-refractivity contribution >= 4 is 5.78 Å². The van der Waals surface area contributed by atoms with Gasteiger partial charge in [-0.25, -0.2) is 0 Å². The van der Waals surface area contributed by atoms with Gasteiger partial charge in [0.15, 0.2) is 5.78 Å². The number of nitrogens with zero attached hydrogens (tertiary/aromatic N) is 1. The number of aromatic nitrogens is 1. The first-order chi connectivity index (χ1) is 8.93. The van der Waals surface area contributed by atoms with Crippen LogP contribution in [-0.4, -0.2) is 10.4 Å². The summed E-state index contributed by atoms with van der Waals surface area (Å²) in [5.41, 5.74) is 3.75. The van der Waals surface area contributed by atoms with Crippen molar-refractivity contribution in [3.8, 4) is 0 Å². The van der Waals surface area contributed by atoms with Gasteiger partial charge in [0, 0.05) is 29.4 Å². The van der Waals surface area contributed by atoms with E-state index in [4.69, 9.17) is 0 Å². The lowest BCUT2D eigenvalue weighted by Gasteiger charge is -2.30. The van der Waals surface area contributed by atoms with Crippen molar-refractivity contribution in [2.24, 2.45) is 11.3 Å². The maximum Gasteiger partial charge on any atom is 0.165 e. The smallest absolute Gasteiger partial charge is 0.165 e. The number of Topliss-reactive ketones (excluding diaryl/α,β-unsaturated/α-hetero) is 1. The predicted molar refractivity (Wildman–Crippen MR) is 77.7 cm³/mol. The number of carbonyl (C=O) groups excluding carboxylic acids is 1. The van der Waals surface area contributed by atoms with Crippen molar-refractivity contribution in [2.45, 2.75) is 65.8 Å². The molecule has 19 heavy (non-hydrogen) atoms. The molecule has 2 aliphatic carbocycles. The molecule has 1 aromatic heterocycles. The molecule has 3 rings (SSSR count). The second-order valence-electron chi connectivity index (χ2n) is 7.31. The number of fused-ring (bicyclic) bond motifs is 1. The van der Waals surface area contributed by atoms with Crippen LogP contribution in [0.25, 0.3) is 0 Å². The fraction of sp³-hybridized carbons (Fsp3) is 0.706. The topological polar surface area (TPSA) is 22.0 Å². The van der Waals surface area contributed by atoms with Crippen LogP contribution in [0.3, 0.4) is 0 Å². The lowest BCUT2D eigenvalue weighted by molar-refractivity contribution is 0.0910. The molecule has 0 aromatic carbocycles. The maximum atomic E-state index is 12.3. The first kappa shape index (κ1) is 13.0. The fourth-order valence-electron chi connectivity index (χ4n) is 3.86. The van der Waals surface area contributed by atoms with Crippen molar-refractivity contribution in [3.63, 3.8) is 0 Å². The van der Waals surface area contributed by atoms with E-state index in [-0.39, 0.29) is 5.41 Å². The Morgan fingerprint density at radius 2 is 2.11 bits per heavy atom. The highest BCUT2D eigenvalue weighted by atomic mass is 16.1. The monoisotopic (exact) mass is 259 g/mol. The highest BCUT2D eigenvalue weighted by Gasteiger charge is 2.42. The van der Waals surface area contributed by atoms with Crippen molar-refractivity contribution in [3.05, 3.63) is 23.0 Å². The first-order valence-corrected chi connectivity index (χ1v) is 7.67. The summed E-state index contributed by atoms with van der Waals surface area (Å²) in [4.78, 5) is 12.3. The van der Waals surface area contributed by atoms with Crippen molar-refractivity contribution in [2.75, 3.05) is 0 Å². The zero-order chi connectivity index (χ0) is 13.8. The van der Waals surface area contributed by atoms with E-state index in [0.29, 0.717) is 18.2 Å². The Kier molecular flexibility index (Phi) is 2.88. The molecule has 0 N–H and O–H groups in total. The van der Waals surface area contributed by atoms with Gasteiger partial charge in [-0.15, -0.1) is 0 Å². The van der Waals surface area contributed by atoms with Gasteiger partial charge in [-0.2, -0.15) is 0 Å². The first-order valence-electron chi connectivity index (χ1n) is 7.67. The summed E-state index contributed by atoms with van der Waals surface area (Å²) in [5, 5.41) is 0. The van der Waals surface area contributed by atoms with Crippen LogP contribution in [0.15, 0.2) is 6.07 Å². The molecule has 0 radical (unpaired) electrons. The summed E-state index contributed by atoms with van der Waals surface area (Å²) in [6.07, 6.45) is 5.66. The lowest BCUT2D eigenvalue weighted by Crippen LogP contribution is -2.28. The molecule has 0 amide bonds. The second-order valence-corrected chi connectivity index (χ2v) is 7.31. The molecule has 1 fully saturated rings. The van der Waals surface area contributed by atoms with Crippen LogP contribution in [-0.2, 0) is 6.42 Å². The van der Waals surface area contributed by atoms with E-state index < -0.39 is 0 Å². The minimum absolute atomic E-state index is 0.127. The van der Waals surface area contributed by atoms with Crippen LogP contribution in [0.2, 0.25) is 0 Å². The summed E-state index contributed by atoms with van der Waals surface area (Å²) < 4.78 is 2.49. The number of aryl methyl sites for hydroxylation is 1. The third kappa shape index (κ3) is 2.15. The van der Waals surface area contributed by atoms with E-state index in [1.54, 1.807) is 0 Å². The standard InChI is InChI=1S/C17H25NO/c1-5-6-12-8-14(12)18-11(2)7-13-15(18)9-17(3,4)10-16(13)19/h7,12,14H,5-6,8-10H2,1-4H3. The molecule has 2 heteroatoms. The van der Waals surface area contributed by atoms with E-state index >= 15 is 0 Å². The Bertz CT molecular complexity index is 524. The van der Waals surface area contributed by atoms with Crippen LogP contribution in [0.4, 0.5) is 0 Å². The van der Waals surface area contributed by atoms with Crippen LogP contribution < -0.4 is 0 Å². The highest BCUT2D eigenvalue weighted by molar-refractivity contribution is 5.99. The van der Waals surface area contributed by atoms with Gasteiger partial charge in [-0.3, -0.25) is 4.79 Å². The van der Waals surface area contributed by atoms with Crippen molar-refractivity contribution in [1.82, 2.24) is 4.57 Å². The number of rotatable bonds is 3. The van der Waals surface area contributed by atoms with Crippen LogP contribution in [0, 0.1) is 18.3 Å². The van der Waals surface area contributed by atoms with Crippen LogP contribution in [0.5, 0.6) is 0 Å². The third-order valence-corrected chi connectivity index (χ3v) is 4.80. The molecule has 2 atom stereocenters. The molecule has 0 bridgehead atoms. The lowest BCUT2D eigenvalue weighted by atomic mass is 9.76. The Hall–Kier alpha value is -1.05. The van der Waals surface area contributed by atoms with E-state index in [1.165, 1.54) is 30.7 Å². The maximum absolute atomic E-state index is 12.3. The minimum atomic E-state index is 0.127. The fourth-order valence-corrected chi connectivity index (χ4v) is 3.86. The molecule has 2 unspecified atom stereocenters. The summed E-state index contributed by atoms with van der Waals surface area (Å²) >= 11 is 0. The molecule has 0 aliphatic heterocycles. The van der Waals surface area contributed by atoms with E-state index in [1.807, 2.05) is 0 Å². The van der Waals surface area contributed by atoms with E-state index in [2.05, 4.69) is 38.3 Å². The molecular weight excluding hydrogens is 234 g/mol. The molecule has 2 nitrogen and oxygen atoms in total. The van der Waals surface area contributed by atoms with Gasteiger partial charge in [0.25, 0.3) is 0 Å². The third-order valence-electron chi connectivity index (χ3n) is 4.80. The molecule has 1 heterocycles. The van der Waals surface area contributed by atoms with Gasteiger partial charge in [-0.05, 0) is 43.6 Å². The van der Waals surface area contributed by atoms with Gasteiger partial charge in [-0.1, -0.05) is 27.2 Å². The molecule has 104 valence electrons. The van der Waals surface area contributed by atoms with Crippen molar-refractivity contribution < 1.29 is 4.79 Å².